The number of fused-ring (bicyclic) bond motifs is 1. The number of aryl methyl sites for hydroxylation is 1. The molecule has 0 fully saturated rings. The molecule has 7 heteroatoms. The molecule has 0 aliphatic heterocycles. The topological polar surface area (TPSA) is 64.7 Å². The number of nitrogens with zero attached hydrogens (tertiary/aromatic N) is 4. The van der Waals surface area contributed by atoms with Crippen molar-refractivity contribution in [1.29, 1.82) is 0 Å². The molecule has 0 aliphatic carbocycles. The summed E-state index contributed by atoms with van der Waals surface area (Å²) in [6.45, 7) is 3.28. The number of anilines is 1. The summed E-state index contributed by atoms with van der Waals surface area (Å²) in [5.74, 6) is 0.946. The van der Waals surface area contributed by atoms with Crippen molar-refractivity contribution in [2.45, 2.75) is 13.5 Å². The summed E-state index contributed by atoms with van der Waals surface area (Å²) in [7, 11) is 0. The minimum Gasteiger partial charge on any atom is -0.381 e. The number of hydrogen-bond donors (Lipinski definition) is 1. The van der Waals surface area contributed by atoms with E-state index >= 15 is 0 Å². The second kappa shape index (κ2) is 7.25. The normalized spacial score (nSPS) is 11.0. The van der Waals surface area contributed by atoms with E-state index in [9.17, 15) is 4.79 Å². The second-order valence-electron chi connectivity index (χ2n) is 6.15. The van der Waals surface area contributed by atoms with Crippen LogP contribution in [-0.2, 0) is 6.54 Å². The van der Waals surface area contributed by atoms with E-state index in [0.717, 1.165) is 16.9 Å². The van der Waals surface area contributed by atoms with Gasteiger partial charge in [-0.1, -0.05) is 41.9 Å². The highest BCUT2D eigenvalue weighted by atomic mass is 35.5. The summed E-state index contributed by atoms with van der Waals surface area (Å²) < 4.78 is 3.43. The van der Waals surface area contributed by atoms with Gasteiger partial charge in [-0.15, -0.1) is 0 Å². The molecule has 0 radical (unpaired) electrons. The zero-order valence-electron chi connectivity index (χ0n) is 14.8. The Morgan fingerprint density at radius 1 is 1.07 bits per heavy atom. The lowest BCUT2D eigenvalue weighted by molar-refractivity contribution is 0.719. The summed E-state index contributed by atoms with van der Waals surface area (Å²) in [5, 5.41) is 7.56. The van der Waals surface area contributed by atoms with Crippen LogP contribution in [0.1, 0.15) is 5.82 Å². The first-order chi connectivity index (χ1) is 13.1. The number of rotatable bonds is 5. The van der Waals surface area contributed by atoms with E-state index in [-0.39, 0.29) is 10.6 Å². The van der Waals surface area contributed by atoms with Crippen LogP contribution in [0.3, 0.4) is 0 Å². The first kappa shape index (κ1) is 17.3. The number of benzene rings is 2. The standard InChI is InChI=1S/C20H18ClN5O/c1-14-24-16-9-5-6-10-18(16)25(14)12-11-22-17-13-23-26(20(27)19(17)21)15-7-3-2-4-8-15/h2-10,13,22H,11-12H2,1H3. The molecule has 136 valence electrons. The Balaban J connectivity index is 1.53. The molecule has 0 saturated heterocycles. The Hall–Kier alpha value is -3.12. The Labute approximate surface area is 161 Å². The van der Waals surface area contributed by atoms with Gasteiger partial charge in [-0.25, -0.2) is 4.98 Å². The van der Waals surface area contributed by atoms with Crippen molar-refractivity contribution >= 4 is 28.3 Å². The third-order valence-electron chi connectivity index (χ3n) is 4.42. The van der Waals surface area contributed by atoms with Gasteiger partial charge in [0, 0.05) is 13.1 Å². The average Bonchev–Trinajstić information content (AvgIpc) is 3.01. The molecular formula is C20H18ClN5O. The van der Waals surface area contributed by atoms with Gasteiger partial charge in [-0.2, -0.15) is 9.78 Å². The van der Waals surface area contributed by atoms with Gasteiger partial charge < -0.3 is 9.88 Å². The van der Waals surface area contributed by atoms with Gasteiger partial charge in [0.25, 0.3) is 5.56 Å². The van der Waals surface area contributed by atoms with E-state index in [4.69, 9.17) is 11.6 Å². The number of hydrogen-bond acceptors (Lipinski definition) is 4. The van der Waals surface area contributed by atoms with Gasteiger partial charge in [0.05, 0.1) is 28.6 Å². The second-order valence-corrected chi connectivity index (χ2v) is 6.53. The Morgan fingerprint density at radius 3 is 2.63 bits per heavy atom. The van der Waals surface area contributed by atoms with Crippen molar-refractivity contribution in [3.8, 4) is 5.69 Å². The average molecular weight is 380 g/mol. The predicted octanol–water partition coefficient (Wildman–Crippen LogP) is 3.66. The van der Waals surface area contributed by atoms with Crippen LogP contribution in [0.2, 0.25) is 5.02 Å². The maximum absolute atomic E-state index is 12.5. The third kappa shape index (κ3) is 3.31. The van der Waals surface area contributed by atoms with Crippen LogP contribution in [-0.4, -0.2) is 25.9 Å². The van der Waals surface area contributed by atoms with Crippen molar-refractivity contribution in [2.75, 3.05) is 11.9 Å². The third-order valence-corrected chi connectivity index (χ3v) is 4.78. The molecule has 0 bridgehead atoms. The molecule has 0 aliphatic rings. The zero-order chi connectivity index (χ0) is 18.8. The lowest BCUT2D eigenvalue weighted by Gasteiger charge is -2.12. The molecular weight excluding hydrogens is 362 g/mol. The fourth-order valence-corrected chi connectivity index (χ4v) is 3.29. The molecule has 0 saturated carbocycles. The molecule has 2 aromatic carbocycles. The monoisotopic (exact) mass is 379 g/mol. The van der Waals surface area contributed by atoms with Crippen LogP contribution < -0.4 is 10.9 Å². The molecule has 6 nitrogen and oxygen atoms in total. The van der Waals surface area contributed by atoms with Gasteiger partial charge in [-0.05, 0) is 31.2 Å². The fourth-order valence-electron chi connectivity index (χ4n) is 3.09. The van der Waals surface area contributed by atoms with Crippen molar-refractivity contribution < 1.29 is 0 Å². The molecule has 0 amide bonds. The van der Waals surface area contributed by atoms with Crippen LogP contribution in [0.5, 0.6) is 0 Å². The minimum atomic E-state index is -0.350. The summed E-state index contributed by atoms with van der Waals surface area (Å²) in [4.78, 5) is 17.1. The van der Waals surface area contributed by atoms with Gasteiger partial charge in [0.2, 0.25) is 0 Å². The largest absolute Gasteiger partial charge is 0.381 e. The molecule has 2 heterocycles. The summed E-state index contributed by atoms with van der Waals surface area (Å²) in [6.07, 6.45) is 1.58. The highest BCUT2D eigenvalue weighted by Crippen LogP contribution is 2.18. The van der Waals surface area contributed by atoms with Crippen LogP contribution >= 0.6 is 11.6 Å². The molecule has 0 unspecified atom stereocenters. The minimum absolute atomic E-state index is 0.126. The molecule has 2 aromatic heterocycles. The van der Waals surface area contributed by atoms with E-state index in [0.29, 0.717) is 24.5 Å². The summed E-state index contributed by atoms with van der Waals surface area (Å²) >= 11 is 6.28. The van der Waals surface area contributed by atoms with Crippen molar-refractivity contribution in [3.63, 3.8) is 0 Å². The highest BCUT2D eigenvalue weighted by Gasteiger charge is 2.11. The van der Waals surface area contributed by atoms with Crippen molar-refractivity contribution in [2.24, 2.45) is 0 Å². The number of nitrogens with one attached hydrogen (secondary N) is 1. The van der Waals surface area contributed by atoms with Gasteiger partial charge in [-0.3, -0.25) is 4.79 Å². The summed E-state index contributed by atoms with van der Waals surface area (Å²) in [6, 6.07) is 17.2. The van der Waals surface area contributed by atoms with E-state index in [1.54, 1.807) is 6.20 Å². The molecule has 0 spiro atoms. The van der Waals surface area contributed by atoms with Crippen molar-refractivity contribution in [1.82, 2.24) is 19.3 Å². The smallest absolute Gasteiger partial charge is 0.292 e. The Kier molecular flexibility index (Phi) is 4.64. The summed E-state index contributed by atoms with van der Waals surface area (Å²) in [5.41, 5.74) is 2.91. The first-order valence-electron chi connectivity index (χ1n) is 8.64. The van der Waals surface area contributed by atoms with Gasteiger partial charge in [0.1, 0.15) is 10.8 Å². The van der Waals surface area contributed by atoms with Crippen LogP contribution in [0.15, 0.2) is 65.6 Å². The lowest BCUT2D eigenvalue weighted by Crippen LogP contribution is -2.23. The maximum Gasteiger partial charge on any atom is 0.292 e. The predicted molar refractivity (Wildman–Crippen MR) is 108 cm³/mol. The van der Waals surface area contributed by atoms with Gasteiger partial charge in [0.15, 0.2) is 0 Å². The number of para-hydroxylation sites is 3. The first-order valence-corrected chi connectivity index (χ1v) is 9.02. The number of halogens is 1. The van der Waals surface area contributed by atoms with Crippen LogP contribution in [0, 0.1) is 6.92 Å². The Morgan fingerprint density at radius 2 is 1.81 bits per heavy atom. The van der Waals surface area contributed by atoms with Crippen molar-refractivity contribution in [3.05, 3.63) is 82.0 Å². The van der Waals surface area contributed by atoms with Gasteiger partial charge >= 0.3 is 0 Å². The van der Waals surface area contributed by atoms with E-state index in [2.05, 4.69) is 20.0 Å². The number of imidazole rings is 1. The van der Waals surface area contributed by atoms with E-state index in [1.165, 1.54) is 4.68 Å². The SMILES string of the molecule is Cc1nc2ccccc2n1CCNc1cnn(-c2ccccc2)c(=O)c1Cl. The molecule has 1 N–H and O–H groups in total. The molecule has 4 aromatic rings. The van der Waals surface area contributed by atoms with E-state index in [1.807, 2.05) is 61.5 Å². The quantitative estimate of drug-likeness (QED) is 0.574. The molecule has 4 rings (SSSR count). The Bertz CT molecular complexity index is 1150. The van der Waals surface area contributed by atoms with Crippen LogP contribution in [0.4, 0.5) is 5.69 Å². The molecule has 27 heavy (non-hydrogen) atoms. The lowest BCUT2D eigenvalue weighted by atomic mass is 10.3. The molecule has 0 atom stereocenters. The zero-order valence-corrected chi connectivity index (χ0v) is 15.5. The number of aromatic nitrogens is 4. The fraction of sp³-hybridized carbons (Fsp3) is 0.150. The maximum atomic E-state index is 12.5. The highest BCUT2D eigenvalue weighted by molar-refractivity contribution is 6.32. The van der Waals surface area contributed by atoms with Crippen LogP contribution in [0.25, 0.3) is 16.7 Å². The van der Waals surface area contributed by atoms with E-state index < -0.39 is 0 Å².